The molecule has 0 amide bonds. The Kier molecular flexibility index (Phi) is 3.99. The van der Waals surface area contributed by atoms with Crippen molar-refractivity contribution in [2.75, 3.05) is 6.61 Å². The summed E-state index contributed by atoms with van der Waals surface area (Å²) in [5.41, 5.74) is -1.35. The highest BCUT2D eigenvalue weighted by molar-refractivity contribution is 5.15. The molecule has 3 nitrogen and oxygen atoms in total. The van der Waals surface area contributed by atoms with Gasteiger partial charge in [-0.3, -0.25) is 0 Å². The summed E-state index contributed by atoms with van der Waals surface area (Å²) in [6.07, 6.45) is 6.20. The molecule has 0 aromatic heterocycles. The fourth-order valence-electron chi connectivity index (χ4n) is 3.79. The van der Waals surface area contributed by atoms with E-state index in [1.54, 1.807) is 0 Å². The molecule has 102 valence electrons. The van der Waals surface area contributed by atoms with Crippen LogP contribution < -0.4 is 0 Å². The lowest BCUT2D eigenvalue weighted by molar-refractivity contribution is -0.152. The van der Waals surface area contributed by atoms with Gasteiger partial charge in [0.05, 0.1) is 23.2 Å². The van der Waals surface area contributed by atoms with Crippen LogP contribution >= 0.6 is 0 Å². The quantitative estimate of drug-likeness (QED) is 0.838. The Bertz CT molecular complexity index is 336. The van der Waals surface area contributed by atoms with Crippen LogP contribution in [0.4, 0.5) is 0 Å². The molecule has 2 aliphatic rings. The first-order valence-corrected chi connectivity index (χ1v) is 7.30. The molecule has 1 aliphatic carbocycles. The number of nitriles is 1. The van der Waals surface area contributed by atoms with Crippen molar-refractivity contribution < 1.29 is 9.84 Å². The Labute approximate surface area is 110 Å². The van der Waals surface area contributed by atoms with Crippen molar-refractivity contribution in [1.82, 2.24) is 0 Å². The van der Waals surface area contributed by atoms with Crippen LogP contribution in [0.3, 0.4) is 0 Å². The number of hydrogen-bond acceptors (Lipinski definition) is 3. The third-order valence-electron chi connectivity index (χ3n) is 4.91. The molecule has 1 saturated heterocycles. The van der Waals surface area contributed by atoms with Crippen molar-refractivity contribution in [3.8, 4) is 6.07 Å². The number of aliphatic hydroxyl groups is 1. The van der Waals surface area contributed by atoms with E-state index >= 15 is 0 Å². The molecule has 4 atom stereocenters. The molecule has 2 rings (SSSR count). The Morgan fingerprint density at radius 3 is 2.72 bits per heavy atom. The van der Waals surface area contributed by atoms with Crippen molar-refractivity contribution >= 4 is 0 Å². The molecule has 1 heterocycles. The molecule has 4 unspecified atom stereocenters. The molecular formula is C15H25NO2. The predicted molar refractivity (Wildman–Crippen MR) is 69.9 cm³/mol. The largest absolute Gasteiger partial charge is 0.388 e. The molecule has 18 heavy (non-hydrogen) atoms. The normalized spacial score (nSPS) is 44.8. The third kappa shape index (κ3) is 2.29. The van der Waals surface area contributed by atoms with Gasteiger partial charge in [0.1, 0.15) is 0 Å². The Hall–Kier alpha value is -0.590. The Morgan fingerprint density at radius 2 is 2.17 bits per heavy atom. The summed E-state index contributed by atoms with van der Waals surface area (Å²) in [5, 5.41) is 20.7. The second-order valence-electron chi connectivity index (χ2n) is 6.31. The van der Waals surface area contributed by atoms with E-state index in [0.717, 1.165) is 32.1 Å². The summed E-state index contributed by atoms with van der Waals surface area (Å²) in [4.78, 5) is 0. The van der Waals surface area contributed by atoms with E-state index in [-0.39, 0.29) is 6.10 Å². The maximum Gasteiger partial charge on any atom is 0.0879 e. The summed E-state index contributed by atoms with van der Waals surface area (Å²) in [7, 11) is 0. The first-order valence-electron chi connectivity index (χ1n) is 7.30. The SMILES string of the molecule is CCCC1CC(O)(C2(C#N)CCC(C)C2)CCO1. The topological polar surface area (TPSA) is 53.2 Å². The summed E-state index contributed by atoms with van der Waals surface area (Å²) in [5.74, 6) is 0.557. The summed E-state index contributed by atoms with van der Waals surface area (Å²) < 4.78 is 5.72. The van der Waals surface area contributed by atoms with Crippen molar-refractivity contribution in [2.24, 2.45) is 11.3 Å². The van der Waals surface area contributed by atoms with Crippen LogP contribution in [-0.4, -0.2) is 23.4 Å². The van der Waals surface area contributed by atoms with E-state index in [1.807, 2.05) is 0 Å². The number of rotatable bonds is 3. The van der Waals surface area contributed by atoms with E-state index in [4.69, 9.17) is 4.74 Å². The van der Waals surface area contributed by atoms with Gasteiger partial charge in [-0.15, -0.1) is 0 Å². The fourth-order valence-corrected chi connectivity index (χ4v) is 3.79. The van der Waals surface area contributed by atoms with E-state index < -0.39 is 11.0 Å². The standard InChI is InChI=1S/C15H25NO2/c1-3-4-13-10-15(17,7-8-18-13)14(11-16)6-5-12(2)9-14/h12-13,17H,3-10H2,1-2H3. The smallest absolute Gasteiger partial charge is 0.0879 e. The molecule has 0 spiro atoms. The minimum atomic E-state index is -0.829. The van der Waals surface area contributed by atoms with Crippen LogP contribution in [-0.2, 0) is 4.74 Å². The maximum atomic E-state index is 11.0. The average molecular weight is 251 g/mol. The van der Waals surface area contributed by atoms with Gasteiger partial charge in [0.15, 0.2) is 0 Å². The molecule has 0 aromatic carbocycles. The molecule has 1 aliphatic heterocycles. The lowest BCUT2D eigenvalue weighted by Gasteiger charge is -2.45. The van der Waals surface area contributed by atoms with Crippen LogP contribution in [0.15, 0.2) is 0 Å². The molecule has 1 N–H and O–H groups in total. The maximum absolute atomic E-state index is 11.0. The summed E-state index contributed by atoms with van der Waals surface area (Å²) in [6, 6.07) is 2.48. The lowest BCUT2D eigenvalue weighted by Crippen LogP contribution is -2.52. The Balaban J connectivity index is 2.16. The Morgan fingerprint density at radius 1 is 1.39 bits per heavy atom. The molecule has 3 heteroatoms. The highest BCUT2D eigenvalue weighted by atomic mass is 16.5. The molecule has 0 bridgehead atoms. The van der Waals surface area contributed by atoms with Gasteiger partial charge in [-0.1, -0.05) is 20.3 Å². The van der Waals surface area contributed by atoms with Crippen LogP contribution in [0.5, 0.6) is 0 Å². The molecular weight excluding hydrogens is 226 g/mol. The van der Waals surface area contributed by atoms with Gasteiger partial charge in [-0.05, 0) is 31.6 Å². The lowest BCUT2D eigenvalue weighted by atomic mass is 9.66. The van der Waals surface area contributed by atoms with E-state index in [1.165, 1.54) is 0 Å². The van der Waals surface area contributed by atoms with Gasteiger partial charge in [0.25, 0.3) is 0 Å². The van der Waals surface area contributed by atoms with Crippen molar-refractivity contribution in [1.29, 1.82) is 5.26 Å². The van der Waals surface area contributed by atoms with Crippen LogP contribution in [0.2, 0.25) is 0 Å². The monoisotopic (exact) mass is 251 g/mol. The second-order valence-corrected chi connectivity index (χ2v) is 6.31. The highest BCUT2D eigenvalue weighted by Gasteiger charge is 2.55. The molecule has 2 fully saturated rings. The van der Waals surface area contributed by atoms with Gasteiger partial charge in [-0.2, -0.15) is 5.26 Å². The zero-order valence-corrected chi connectivity index (χ0v) is 11.6. The van der Waals surface area contributed by atoms with E-state index in [0.29, 0.717) is 25.4 Å². The van der Waals surface area contributed by atoms with Gasteiger partial charge >= 0.3 is 0 Å². The number of hydrogen-bond donors (Lipinski definition) is 1. The minimum Gasteiger partial charge on any atom is -0.388 e. The van der Waals surface area contributed by atoms with Crippen LogP contribution in [0, 0.1) is 22.7 Å². The number of nitrogens with zero attached hydrogens (tertiary/aromatic N) is 1. The van der Waals surface area contributed by atoms with Crippen LogP contribution in [0.25, 0.3) is 0 Å². The van der Waals surface area contributed by atoms with Crippen molar-refractivity contribution in [3.63, 3.8) is 0 Å². The second kappa shape index (κ2) is 5.19. The molecule has 1 saturated carbocycles. The predicted octanol–water partition coefficient (Wildman–Crippen LogP) is 3.03. The van der Waals surface area contributed by atoms with Crippen molar-refractivity contribution in [2.45, 2.75) is 70.5 Å². The number of ether oxygens (including phenoxy) is 1. The fraction of sp³-hybridized carbons (Fsp3) is 0.933. The molecule has 0 aromatic rings. The first-order chi connectivity index (χ1) is 8.55. The van der Waals surface area contributed by atoms with Gasteiger partial charge in [0.2, 0.25) is 0 Å². The van der Waals surface area contributed by atoms with E-state index in [2.05, 4.69) is 19.9 Å². The van der Waals surface area contributed by atoms with Gasteiger partial charge in [-0.25, -0.2) is 0 Å². The summed E-state index contributed by atoms with van der Waals surface area (Å²) >= 11 is 0. The van der Waals surface area contributed by atoms with Gasteiger partial charge in [0, 0.05) is 19.4 Å². The molecule has 0 radical (unpaired) electrons. The van der Waals surface area contributed by atoms with Crippen molar-refractivity contribution in [3.05, 3.63) is 0 Å². The van der Waals surface area contributed by atoms with Crippen LogP contribution in [0.1, 0.15) is 58.8 Å². The first kappa shape index (κ1) is 13.8. The average Bonchev–Trinajstić information content (AvgIpc) is 2.73. The highest BCUT2D eigenvalue weighted by Crippen LogP contribution is 2.53. The summed E-state index contributed by atoms with van der Waals surface area (Å²) in [6.45, 7) is 4.92. The zero-order chi connectivity index (χ0) is 13.2. The zero-order valence-electron chi connectivity index (χ0n) is 11.6. The third-order valence-corrected chi connectivity index (χ3v) is 4.91. The van der Waals surface area contributed by atoms with Gasteiger partial charge < -0.3 is 9.84 Å². The minimum absolute atomic E-state index is 0.134. The van der Waals surface area contributed by atoms with E-state index in [9.17, 15) is 10.4 Å².